The molecule has 2 aromatic carbocycles. The highest BCUT2D eigenvalue weighted by molar-refractivity contribution is 9.10. The van der Waals surface area contributed by atoms with Gasteiger partial charge in [-0.3, -0.25) is 9.59 Å². The maximum Gasteiger partial charge on any atom is 0.271 e. The summed E-state index contributed by atoms with van der Waals surface area (Å²) in [5.74, 6) is -0.421. The molecule has 0 spiro atoms. The molecule has 118 valence electrons. The molecule has 0 bridgehead atoms. The molecule has 0 saturated heterocycles. The van der Waals surface area contributed by atoms with E-state index in [9.17, 15) is 9.59 Å². The van der Waals surface area contributed by atoms with Gasteiger partial charge < -0.3 is 5.32 Å². The van der Waals surface area contributed by atoms with E-state index in [2.05, 4.69) is 31.8 Å². The molecular formula is C17H16BrN3O2. The van der Waals surface area contributed by atoms with E-state index < -0.39 is 0 Å². The molecule has 0 radical (unpaired) electrons. The predicted octanol–water partition coefficient (Wildman–Crippen LogP) is 3.56. The van der Waals surface area contributed by atoms with Crippen LogP contribution in [0.4, 0.5) is 5.69 Å². The molecule has 0 unspecified atom stereocenters. The maximum absolute atomic E-state index is 12.0. The molecule has 23 heavy (non-hydrogen) atoms. The zero-order valence-electron chi connectivity index (χ0n) is 12.8. The molecule has 2 aromatic rings. The first-order valence-corrected chi connectivity index (χ1v) is 7.73. The van der Waals surface area contributed by atoms with Crippen molar-refractivity contribution >= 4 is 39.1 Å². The molecule has 6 heteroatoms. The van der Waals surface area contributed by atoms with Crippen LogP contribution < -0.4 is 10.7 Å². The van der Waals surface area contributed by atoms with E-state index >= 15 is 0 Å². The minimum absolute atomic E-state index is 0.139. The van der Waals surface area contributed by atoms with Gasteiger partial charge in [0.15, 0.2) is 0 Å². The molecule has 0 aliphatic heterocycles. The third kappa shape index (κ3) is 5.03. The second kappa shape index (κ2) is 7.69. The van der Waals surface area contributed by atoms with Crippen molar-refractivity contribution in [1.82, 2.24) is 5.43 Å². The summed E-state index contributed by atoms with van der Waals surface area (Å²) in [6, 6.07) is 14.3. The largest absolute Gasteiger partial charge is 0.326 e. The Hall–Kier alpha value is -2.47. The van der Waals surface area contributed by atoms with Gasteiger partial charge in [-0.25, -0.2) is 5.43 Å². The van der Waals surface area contributed by atoms with Gasteiger partial charge in [0.05, 0.1) is 5.71 Å². The number of carbonyl (C=O) groups is 2. The van der Waals surface area contributed by atoms with Crippen LogP contribution in [0.25, 0.3) is 0 Å². The number of halogens is 1. The van der Waals surface area contributed by atoms with Crippen LogP contribution in [-0.2, 0) is 4.79 Å². The number of hydrogen-bond donors (Lipinski definition) is 2. The maximum atomic E-state index is 12.0. The van der Waals surface area contributed by atoms with Gasteiger partial charge in [0.1, 0.15) is 0 Å². The molecule has 0 aliphatic carbocycles. The van der Waals surface area contributed by atoms with Gasteiger partial charge in [0.25, 0.3) is 5.91 Å². The van der Waals surface area contributed by atoms with E-state index in [-0.39, 0.29) is 11.8 Å². The highest BCUT2D eigenvalue weighted by atomic mass is 79.9. The Morgan fingerprint density at radius 2 is 1.70 bits per heavy atom. The lowest BCUT2D eigenvalue weighted by atomic mass is 10.1. The van der Waals surface area contributed by atoms with Crippen molar-refractivity contribution in [2.75, 3.05) is 5.32 Å². The van der Waals surface area contributed by atoms with Crippen molar-refractivity contribution in [3.63, 3.8) is 0 Å². The summed E-state index contributed by atoms with van der Waals surface area (Å²) in [6.07, 6.45) is 0. The number of hydrazone groups is 1. The van der Waals surface area contributed by atoms with E-state index in [0.29, 0.717) is 17.0 Å². The first-order chi connectivity index (χ1) is 11.0. The Kier molecular flexibility index (Phi) is 5.65. The number of hydrogen-bond acceptors (Lipinski definition) is 3. The van der Waals surface area contributed by atoms with Crippen LogP contribution in [0.2, 0.25) is 0 Å². The summed E-state index contributed by atoms with van der Waals surface area (Å²) in [6.45, 7) is 3.24. The fourth-order valence-corrected chi connectivity index (χ4v) is 2.15. The number of benzene rings is 2. The molecule has 5 nitrogen and oxygen atoms in total. The van der Waals surface area contributed by atoms with Crippen molar-refractivity contribution in [2.45, 2.75) is 13.8 Å². The molecule has 0 atom stereocenters. The number of amides is 2. The van der Waals surface area contributed by atoms with Gasteiger partial charge in [0.2, 0.25) is 5.91 Å². The molecule has 0 aromatic heterocycles. The fourth-order valence-electron chi connectivity index (χ4n) is 1.89. The summed E-state index contributed by atoms with van der Waals surface area (Å²) >= 11 is 3.32. The smallest absolute Gasteiger partial charge is 0.271 e. The summed E-state index contributed by atoms with van der Waals surface area (Å²) in [7, 11) is 0. The van der Waals surface area contributed by atoms with Crippen LogP contribution in [0, 0.1) is 0 Å². The van der Waals surface area contributed by atoms with Gasteiger partial charge in [0, 0.05) is 22.6 Å². The highest BCUT2D eigenvalue weighted by Gasteiger charge is 2.05. The zero-order chi connectivity index (χ0) is 16.8. The monoisotopic (exact) mass is 373 g/mol. The fraction of sp³-hybridized carbons (Fsp3) is 0.118. The van der Waals surface area contributed by atoms with Crippen molar-refractivity contribution < 1.29 is 9.59 Å². The Morgan fingerprint density at radius 1 is 1.00 bits per heavy atom. The summed E-state index contributed by atoms with van der Waals surface area (Å²) < 4.78 is 0.906. The Balaban J connectivity index is 2.09. The quantitative estimate of drug-likeness (QED) is 0.635. The van der Waals surface area contributed by atoms with Crippen molar-refractivity contribution in [1.29, 1.82) is 0 Å². The van der Waals surface area contributed by atoms with E-state index in [4.69, 9.17) is 0 Å². The van der Waals surface area contributed by atoms with Crippen LogP contribution in [0.1, 0.15) is 29.8 Å². The predicted molar refractivity (Wildman–Crippen MR) is 94.6 cm³/mol. The SMILES string of the molecule is CC(=O)Nc1cccc(/C(C)=N\NC(=O)c2ccc(Br)cc2)c1. The molecule has 0 heterocycles. The average Bonchev–Trinajstić information content (AvgIpc) is 2.52. The minimum atomic E-state index is -0.283. The Labute approximate surface area is 142 Å². The van der Waals surface area contributed by atoms with Crippen LogP contribution in [-0.4, -0.2) is 17.5 Å². The van der Waals surface area contributed by atoms with Crippen LogP contribution >= 0.6 is 15.9 Å². The average molecular weight is 374 g/mol. The van der Waals surface area contributed by atoms with E-state index in [1.54, 1.807) is 43.3 Å². The second-order valence-electron chi connectivity index (χ2n) is 4.91. The molecule has 2 N–H and O–H groups in total. The third-order valence-corrected chi connectivity index (χ3v) is 3.56. The number of nitrogens with one attached hydrogen (secondary N) is 2. The van der Waals surface area contributed by atoms with Gasteiger partial charge in [-0.15, -0.1) is 0 Å². The lowest BCUT2D eigenvalue weighted by Gasteiger charge is -2.06. The first kappa shape index (κ1) is 16.9. The van der Waals surface area contributed by atoms with Crippen molar-refractivity contribution in [3.05, 3.63) is 64.1 Å². The zero-order valence-corrected chi connectivity index (χ0v) is 14.3. The molecular weight excluding hydrogens is 358 g/mol. The van der Waals surface area contributed by atoms with E-state index in [1.165, 1.54) is 6.92 Å². The van der Waals surface area contributed by atoms with Crippen LogP contribution in [0.5, 0.6) is 0 Å². The summed E-state index contributed by atoms with van der Waals surface area (Å²) in [4.78, 5) is 23.1. The molecule has 2 rings (SSSR count). The first-order valence-electron chi connectivity index (χ1n) is 6.94. The van der Waals surface area contributed by atoms with Crippen molar-refractivity contribution in [3.8, 4) is 0 Å². The second-order valence-corrected chi connectivity index (χ2v) is 5.82. The third-order valence-electron chi connectivity index (χ3n) is 3.03. The number of rotatable bonds is 4. The van der Waals surface area contributed by atoms with Gasteiger partial charge in [-0.05, 0) is 48.9 Å². The lowest BCUT2D eigenvalue weighted by molar-refractivity contribution is -0.114. The molecule has 2 amide bonds. The van der Waals surface area contributed by atoms with Gasteiger partial charge >= 0.3 is 0 Å². The Bertz CT molecular complexity index is 755. The van der Waals surface area contributed by atoms with Crippen LogP contribution in [0.15, 0.2) is 58.1 Å². The summed E-state index contributed by atoms with van der Waals surface area (Å²) in [5.41, 5.74) is 5.19. The van der Waals surface area contributed by atoms with E-state index in [1.807, 2.05) is 12.1 Å². The van der Waals surface area contributed by atoms with E-state index in [0.717, 1.165) is 10.0 Å². The summed E-state index contributed by atoms with van der Waals surface area (Å²) in [5, 5.41) is 6.82. The number of nitrogens with zero attached hydrogens (tertiary/aromatic N) is 1. The Morgan fingerprint density at radius 3 is 2.35 bits per heavy atom. The van der Waals surface area contributed by atoms with Crippen LogP contribution in [0.3, 0.4) is 0 Å². The van der Waals surface area contributed by atoms with Crippen molar-refractivity contribution in [2.24, 2.45) is 5.10 Å². The number of carbonyl (C=O) groups excluding carboxylic acids is 2. The standard InChI is InChI=1S/C17H16BrN3O2/c1-11(14-4-3-5-16(10-14)19-12(2)22)20-21-17(23)13-6-8-15(18)9-7-13/h3-10H,1-2H3,(H,19,22)(H,21,23)/b20-11-. The number of anilines is 1. The normalized spacial score (nSPS) is 11.0. The molecule has 0 saturated carbocycles. The minimum Gasteiger partial charge on any atom is -0.326 e. The lowest BCUT2D eigenvalue weighted by Crippen LogP contribution is -2.19. The topological polar surface area (TPSA) is 70.6 Å². The highest BCUT2D eigenvalue weighted by Crippen LogP contribution is 2.12. The molecule has 0 aliphatic rings. The molecule has 0 fully saturated rings. The van der Waals surface area contributed by atoms with Gasteiger partial charge in [-0.2, -0.15) is 5.10 Å². The van der Waals surface area contributed by atoms with Gasteiger partial charge in [-0.1, -0.05) is 28.1 Å².